The van der Waals surface area contributed by atoms with Crippen molar-refractivity contribution < 1.29 is 4.74 Å². The summed E-state index contributed by atoms with van der Waals surface area (Å²) in [5.74, 6) is 1.69. The normalized spacial score (nSPS) is 17.8. The minimum atomic E-state index is 0.776. The first-order valence-corrected chi connectivity index (χ1v) is 7.47. The van der Waals surface area contributed by atoms with Crippen LogP contribution in [0.15, 0.2) is 4.99 Å². The molecule has 1 saturated heterocycles. The zero-order valence-corrected chi connectivity index (χ0v) is 12.7. The Kier molecular flexibility index (Phi) is 8.58. The number of aliphatic imine (C=N–C) groups is 1. The summed E-state index contributed by atoms with van der Waals surface area (Å²) in [4.78, 5) is 6.66. The van der Waals surface area contributed by atoms with E-state index < -0.39 is 0 Å². The number of hydrogen-bond acceptors (Lipinski definition) is 3. The summed E-state index contributed by atoms with van der Waals surface area (Å²) in [6, 6.07) is 0. The van der Waals surface area contributed by atoms with Crippen LogP contribution in [-0.4, -0.2) is 63.8 Å². The molecule has 0 bridgehead atoms. The van der Waals surface area contributed by atoms with E-state index in [1.807, 2.05) is 7.05 Å². The lowest BCUT2D eigenvalue weighted by Gasteiger charge is -2.26. The highest BCUT2D eigenvalue weighted by atomic mass is 16.5. The molecular formula is C14H30N4O. The topological polar surface area (TPSA) is 48.9 Å². The molecule has 0 radical (unpaired) electrons. The van der Waals surface area contributed by atoms with Gasteiger partial charge in [-0.3, -0.25) is 9.89 Å². The van der Waals surface area contributed by atoms with Crippen LogP contribution >= 0.6 is 0 Å². The Bertz CT molecular complexity index is 250. The van der Waals surface area contributed by atoms with Crippen LogP contribution in [-0.2, 0) is 4.74 Å². The summed E-state index contributed by atoms with van der Waals surface area (Å²) in [6.07, 6.45) is 2.46. The molecule has 1 aliphatic rings. The van der Waals surface area contributed by atoms with Gasteiger partial charge >= 0.3 is 0 Å². The molecule has 112 valence electrons. The fourth-order valence-corrected chi connectivity index (χ4v) is 2.09. The van der Waals surface area contributed by atoms with E-state index in [9.17, 15) is 0 Å². The Morgan fingerprint density at radius 3 is 2.53 bits per heavy atom. The lowest BCUT2D eigenvalue weighted by Crippen LogP contribution is -2.44. The van der Waals surface area contributed by atoms with E-state index in [0.717, 1.165) is 57.8 Å². The Morgan fingerprint density at radius 2 is 1.89 bits per heavy atom. The summed E-state index contributed by atoms with van der Waals surface area (Å²) < 4.78 is 5.33. The van der Waals surface area contributed by atoms with Crippen molar-refractivity contribution in [1.82, 2.24) is 15.5 Å². The molecule has 0 aromatic rings. The lowest BCUT2D eigenvalue weighted by molar-refractivity contribution is 0.0389. The van der Waals surface area contributed by atoms with Crippen molar-refractivity contribution in [2.45, 2.75) is 26.7 Å². The van der Waals surface area contributed by atoms with Gasteiger partial charge in [0.1, 0.15) is 0 Å². The molecule has 0 atom stereocenters. The number of rotatable bonds is 7. The maximum atomic E-state index is 5.33. The monoisotopic (exact) mass is 270 g/mol. The third kappa shape index (κ3) is 8.06. The third-order valence-electron chi connectivity index (χ3n) is 3.30. The van der Waals surface area contributed by atoms with E-state index in [2.05, 4.69) is 34.4 Å². The van der Waals surface area contributed by atoms with Crippen LogP contribution in [0, 0.1) is 5.92 Å². The van der Waals surface area contributed by atoms with Gasteiger partial charge in [0.15, 0.2) is 5.96 Å². The fraction of sp³-hybridized carbons (Fsp3) is 0.929. The Labute approximate surface area is 117 Å². The largest absolute Gasteiger partial charge is 0.379 e. The summed E-state index contributed by atoms with van der Waals surface area (Å²) in [5, 5.41) is 6.72. The Hall–Kier alpha value is -0.810. The molecule has 0 aromatic carbocycles. The fourth-order valence-electron chi connectivity index (χ4n) is 2.09. The highest BCUT2D eigenvalue weighted by Gasteiger charge is 2.09. The molecule has 5 heteroatoms. The minimum Gasteiger partial charge on any atom is -0.379 e. The summed E-state index contributed by atoms with van der Waals surface area (Å²) in [7, 11) is 1.83. The first-order chi connectivity index (χ1) is 9.22. The van der Waals surface area contributed by atoms with Gasteiger partial charge in [0, 0.05) is 39.8 Å². The second kappa shape index (κ2) is 10.0. The van der Waals surface area contributed by atoms with Crippen LogP contribution < -0.4 is 10.6 Å². The van der Waals surface area contributed by atoms with Crippen LogP contribution in [0.1, 0.15) is 26.7 Å². The van der Waals surface area contributed by atoms with Crippen LogP contribution in [0.4, 0.5) is 0 Å². The molecular weight excluding hydrogens is 240 g/mol. The van der Waals surface area contributed by atoms with E-state index in [1.165, 1.54) is 12.8 Å². The minimum absolute atomic E-state index is 0.776. The van der Waals surface area contributed by atoms with Gasteiger partial charge in [0.05, 0.1) is 13.2 Å². The number of morpholine rings is 1. The summed E-state index contributed by atoms with van der Waals surface area (Å²) in [5.41, 5.74) is 0. The molecule has 1 fully saturated rings. The molecule has 0 spiro atoms. The first kappa shape index (κ1) is 16.2. The average molecular weight is 270 g/mol. The maximum Gasteiger partial charge on any atom is 0.191 e. The Balaban J connectivity index is 2.04. The van der Waals surface area contributed by atoms with Crippen molar-refractivity contribution in [3.8, 4) is 0 Å². The quantitative estimate of drug-likeness (QED) is 0.410. The molecule has 5 nitrogen and oxygen atoms in total. The molecule has 1 rings (SSSR count). The van der Waals surface area contributed by atoms with Crippen LogP contribution in [0.5, 0.6) is 0 Å². The van der Waals surface area contributed by atoms with Gasteiger partial charge in [-0.05, 0) is 18.8 Å². The van der Waals surface area contributed by atoms with Gasteiger partial charge in [-0.1, -0.05) is 13.8 Å². The van der Waals surface area contributed by atoms with Gasteiger partial charge in [0.2, 0.25) is 0 Å². The molecule has 0 aliphatic carbocycles. The molecule has 0 unspecified atom stereocenters. The van der Waals surface area contributed by atoms with Gasteiger partial charge in [-0.25, -0.2) is 0 Å². The lowest BCUT2D eigenvalue weighted by atomic mass is 10.1. The highest BCUT2D eigenvalue weighted by Crippen LogP contribution is 2.01. The van der Waals surface area contributed by atoms with Crippen LogP contribution in [0.3, 0.4) is 0 Å². The highest BCUT2D eigenvalue weighted by molar-refractivity contribution is 5.79. The number of nitrogens with zero attached hydrogens (tertiary/aromatic N) is 2. The summed E-state index contributed by atoms with van der Waals surface area (Å²) in [6.45, 7) is 11.3. The number of guanidine groups is 1. The van der Waals surface area contributed by atoms with Crippen molar-refractivity contribution in [3.05, 3.63) is 0 Å². The van der Waals surface area contributed by atoms with Crippen molar-refractivity contribution >= 4 is 5.96 Å². The van der Waals surface area contributed by atoms with E-state index in [4.69, 9.17) is 4.74 Å². The van der Waals surface area contributed by atoms with Crippen molar-refractivity contribution in [1.29, 1.82) is 0 Å². The predicted molar refractivity (Wildman–Crippen MR) is 80.7 cm³/mol. The number of ether oxygens (including phenoxy) is 1. The van der Waals surface area contributed by atoms with Gasteiger partial charge in [0.25, 0.3) is 0 Å². The standard InChI is InChI=1S/C14H30N4O/c1-13(2)5-4-6-16-14(15-3)17-7-8-18-9-11-19-12-10-18/h13H,4-12H2,1-3H3,(H2,15,16,17). The van der Waals surface area contributed by atoms with Crippen LogP contribution in [0.25, 0.3) is 0 Å². The zero-order chi connectivity index (χ0) is 13.9. The Morgan fingerprint density at radius 1 is 1.21 bits per heavy atom. The van der Waals surface area contributed by atoms with Gasteiger partial charge in [-0.15, -0.1) is 0 Å². The van der Waals surface area contributed by atoms with E-state index in [1.54, 1.807) is 0 Å². The number of nitrogens with one attached hydrogen (secondary N) is 2. The second-order valence-electron chi connectivity index (χ2n) is 5.42. The van der Waals surface area contributed by atoms with Crippen LogP contribution in [0.2, 0.25) is 0 Å². The van der Waals surface area contributed by atoms with Gasteiger partial charge < -0.3 is 15.4 Å². The van der Waals surface area contributed by atoms with Crippen molar-refractivity contribution in [2.24, 2.45) is 10.9 Å². The van der Waals surface area contributed by atoms with E-state index in [0.29, 0.717) is 0 Å². The van der Waals surface area contributed by atoms with Crippen molar-refractivity contribution in [2.75, 3.05) is 53.0 Å². The van der Waals surface area contributed by atoms with E-state index >= 15 is 0 Å². The smallest absolute Gasteiger partial charge is 0.191 e. The SMILES string of the molecule is CN=C(NCCCC(C)C)NCCN1CCOCC1. The maximum absolute atomic E-state index is 5.33. The average Bonchev–Trinajstić information content (AvgIpc) is 2.42. The first-order valence-electron chi connectivity index (χ1n) is 7.47. The predicted octanol–water partition coefficient (Wildman–Crippen LogP) is 0.920. The number of hydrogen-bond donors (Lipinski definition) is 2. The molecule has 0 amide bonds. The van der Waals surface area contributed by atoms with Gasteiger partial charge in [-0.2, -0.15) is 0 Å². The third-order valence-corrected chi connectivity index (χ3v) is 3.30. The molecule has 19 heavy (non-hydrogen) atoms. The molecule has 0 saturated carbocycles. The molecule has 1 heterocycles. The molecule has 0 aromatic heterocycles. The zero-order valence-electron chi connectivity index (χ0n) is 12.7. The summed E-state index contributed by atoms with van der Waals surface area (Å²) >= 11 is 0. The second-order valence-corrected chi connectivity index (χ2v) is 5.42. The molecule has 2 N–H and O–H groups in total. The van der Waals surface area contributed by atoms with Crippen molar-refractivity contribution in [3.63, 3.8) is 0 Å². The molecule has 1 aliphatic heterocycles. The van der Waals surface area contributed by atoms with E-state index in [-0.39, 0.29) is 0 Å².